The van der Waals surface area contributed by atoms with E-state index in [0.29, 0.717) is 12.0 Å². The molecule has 1 aliphatic rings. The highest BCUT2D eigenvalue weighted by atomic mass is 16.6. The van der Waals surface area contributed by atoms with E-state index in [0.717, 1.165) is 5.01 Å². The molecular formula is C19H19N3O6. The maximum absolute atomic E-state index is 12.3. The number of imide groups is 1. The van der Waals surface area contributed by atoms with Crippen LogP contribution in [0.5, 0.6) is 11.5 Å². The molecule has 0 saturated carbocycles. The highest BCUT2D eigenvalue weighted by molar-refractivity contribution is 6.07. The van der Waals surface area contributed by atoms with Gasteiger partial charge in [0.15, 0.2) is 11.5 Å². The van der Waals surface area contributed by atoms with Gasteiger partial charge in [-0.3, -0.25) is 4.79 Å². The number of rotatable bonds is 6. The molecule has 9 nitrogen and oxygen atoms in total. The molecule has 2 aromatic rings. The monoisotopic (exact) mass is 385 g/mol. The number of carbonyl (C=O) groups is 3. The van der Waals surface area contributed by atoms with Crippen molar-refractivity contribution in [3.63, 3.8) is 0 Å². The summed E-state index contributed by atoms with van der Waals surface area (Å²) in [5, 5.41) is 7.38. The number of ether oxygens (including phenoxy) is 2. The molecule has 0 bridgehead atoms. The molecule has 0 radical (unpaired) electrons. The Balaban J connectivity index is 1.77. The molecular weight excluding hydrogens is 366 g/mol. The van der Waals surface area contributed by atoms with Gasteiger partial charge < -0.3 is 19.2 Å². The first kappa shape index (κ1) is 19.2. The first-order chi connectivity index (χ1) is 13.4. The number of hydrogen-bond acceptors (Lipinski definition) is 7. The molecule has 3 rings (SSSR count). The number of hydrazone groups is 1. The predicted octanol–water partition coefficient (Wildman–Crippen LogP) is 2.56. The zero-order valence-corrected chi connectivity index (χ0v) is 15.6. The number of nitrogens with zero attached hydrogens (tertiary/aromatic N) is 2. The summed E-state index contributed by atoms with van der Waals surface area (Å²) < 4.78 is 15.5. The first-order valence-electron chi connectivity index (χ1n) is 8.52. The first-order valence-corrected chi connectivity index (χ1v) is 8.52. The molecule has 1 aromatic carbocycles. The second-order valence-corrected chi connectivity index (χ2v) is 6.25. The van der Waals surface area contributed by atoms with E-state index in [2.05, 4.69) is 10.4 Å². The Bertz CT molecular complexity index is 937. The van der Waals surface area contributed by atoms with Crippen LogP contribution in [0.15, 0.2) is 46.1 Å². The van der Waals surface area contributed by atoms with E-state index in [9.17, 15) is 14.4 Å². The summed E-state index contributed by atoms with van der Waals surface area (Å²) in [6.45, 7) is 3.45. The van der Waals surface area contributed by atoms with Crippen LogP contribution in [0, 0.1) is 0 Å². The van der Waals surface area contributed by atoms with Gasteiger partial charge in [0, 0.05) is 0 Å². The fourth-order valence-corrected chi connectivity index (χ4v) is 2.53. The Labute approximate surface area is 160 Å². The molecule has 3 amide bonds. The molecule has 1 unspecified atom stereocenters. The fraction of sp³-hybridized carbons (Fsp3) is 0.263. The van der Waals surface area contributed by atoms with Crippen molar-refractivity contribution in [2.75, 3.05) is 7.11 Å². The SMILES string of the molecule is CCC1(C)NC(=O)N(/N=C/c2ccc(OC(=O)c3ccco3)c(OC)c2)C1=O. The van der Waals surface area contributed by atoms with E-state index in [1.807, 2.05) is 0 Å². The third-order valence-corrected chi connectivity index (χ3v) is 4.38. The second kappa shape index (κ2) is 7.55. The van der Waals surface area contributed by atoms with Crippen molar-refractivity contribution in [2.45, 2.75) is 25.8 Å². The van der Waals surface area contributed by atoms with Gasteiger partial charge in [-0.25, -0.2) is 9.59 Å². The minimum Gasteiger partial charge on any atom is -0.493 e. The van der Waals surface area contributed by atoms with Gasteiger partial charge in [-0.15, -0.1) is 5.01 Å². The van der Waals surface area contributed by atoms with E-state index in [1.54, 1.807) is 32.0 Å². The average molecular weight is 385 g/mol. The Morgan fingerprint density at radius 1 is 1.32 bits per heavy atom. The maximum Gasteiger partial charge on any atom is 0.379 e. The van der Waals surface area contributed by atoms with E-state index < -0.39 is 23.4 Å². The number of amides is 3. The molecule has 1 aliphatic heterocycles. The van der Waals surface area contributed by atoms with Crippen molar-refractivity contribution in [1.29, 1.82) is 0 Å². The van der Waals surface area contributed by atoms with Crippen molar-refractivity contribution in [3.8, 4) is 11.5 Å². The van der Waals surface area contributed by atoms with Gasteiger partial charge in [-0.2, -0.15) is 5.10 Å². The van der Waals surface area contributed by atoms with Gasteiger partial charge in [0.2, 0.25) is 5.76 Å². The van der Waals surface area contributed by atoms with Crippen LogP contribution in [0.3, 0.4) is 0 Å². The van der Waals surface area contributed by atoms with Crippen LogP contribution in [-0.4, -0.2) is 41.8 Å². The number of benzene rings is 1. The van der Waals surface area contributed by atoms with Crippen LogP contribution >= 0.6 is 0 Å². The third-order valence-electron chi connectivity index (χ3n) is 4.38. The molecule has 28 heavy (non-hydrogen) atoms. The lowest BCUT2D eigenvalue weighted by Gasteiger charge is -2.17. The number of nitrogens with one attached hydrogen (secondary N) is 1. The summed E-state index contributed by atoms with van der Waals surface area (Å²) in [6, 6.07) is 7.16. The lowest BCUT2D eigenvalue weighted by molar-refractivity contribution is -0.130. The van der Waals surface area contributed by atoms with Crippen molar-refractivity contribution in [1.82, 2.24) is 10.3 Å². The van der Waals surface area contributed by atoms with Gasteiger partial charge in [0.1, 0.15) is 5.54 Å². The van der Waals surface area contributed by atoms with Gasteiger partial charge in [-0.1, -0.05) is 6.92 Å². The Morgan fingerprint density at radius 2 is 2.11 bits per heavy atom. The van der Waals surface area contributed by atoms with Gasteiger partial charge >= 0.3 is 12.0 Å². The molecule has 146 valence electrons. The van der Waals surface area contributed by atoms with E-state index in [-0.39, 0.29) is 17.3 Å². The quantitative estimate of drug-likeness (QED) is 0.354. The molecule has 9 heteroatoms. The fourth-order valence-electron chi connectivity index (χ4n) is 2.53. The van der Waals surface area contributed by atoms with E-state index in [1.165, 1.54) is 31.7 Å². The zero-order valence-electron chi connectivity index (χ0n) is 15.6. The molecule has 1 saturated heterocycles. The van der Waals surface area contributed by atoms with Crippen LogP contribution < -0.4 is 14.8 Å². The van der Waals surface area contributed by atoms with Crippen LogP contribution in [0.25, 0.3) is 0 Å². The lowest BCUT2D eigenvalue weighted by atomic mass is 10.00. The molecule has 1 atom stereocenters. The smallest absolute Gasteiger partial charge is 0.379 e. The van der Waals surface area contributed by atoms with Crippen molar-refractivity contribution in [3.05, 3.63) is 47.9 Å². The molecule has 1 N–H and O–H groups in total. The van der Waals surface area contributed by atoms with Gasteiger partial charge in [0.25, 0.3) is 5.91 Å². The lowest BCUT2D eigenvalue weighted by Crippen LogP contribution is -2.42. The number of esters is 1. The zero-order chi connectivity index (χ0) is 20.3. The average Bonchev–Trinajstić information content (AvgIpc) is 3.29. The van der Waals surface area contributed by atoms with E-state index in [4.69, 9.17) is 13.9 Å². The van der Waals surface area contributed by atoms with Crippen LogP contribution in [0.4, 0.5) is 4.79 Å². The maximum atomic E-state index is 12.3. The summed E-state index contributed by atoms with van der Waals surface area (Å²) in [5.41, 5.74) is -0.420. The normalized spacial score (nSPS) is 19.2. The summed E-state index contributed by atoms with van der Waals surface area (Å²) in [7, 11) is 1.42. The minimum absolute atomic E-state index is 0.0604. The number of carbonyl (C=O) groups excluding carboxylic acids is 3. The predicted molar refractivity (Wildman–Crippen MR) is 98.3 cm³/mol. The van der Waals surface area contributed by atoms with Crippen molar-refractivity contribution < 1.29 is 28.3 Å². The van der Waals surface area contributed by atoms with Crippen LogP contribution in [0.2, 0.25) is 0 Å². The Kier molecular flexibility index (Phi) is 5.16. The number of methoxy groups -OCH3 is 1. The third kappa shape index (κ3) is 3.59. The van der Waals surface area contributed by atoms with Crippen molar-refractivity contribution >= 4 is 24.1 Å². The molecule has 0 aliphatic carbocycles. The van der Waals surface area contributed by atoms with Crippen LogP contribution in [-0.2, 0) is 4.79 Å². The highest BCUT2D eigenvalue weighted by Gasteiger charge is 2.46. The number of furan rings is 1. The van der Waals surface area contributed by atoms with Gasteiger partial charge in [0.05, 0.1) is 19.6 Å². The topological polar surface area (TPSA) is 110 Å². The standard InChI is InChI=1S/C19H19N3O6/c1-4-19(2)17(24)22(18(25)21-19)20-11-12-7-8-13(15(10-12)26-3)28-16(23)14-6-5-9-27-14/h5-11H,4H2,1-3H3,(H,21,25)/b20-11+. The number of hydrogen-bond donors (Lipinski definition) is 1. The van der Waals surface area contributed by atoms with Crippen LogP contribution in [0.1, 0.15) is 36.4 Å². The summed E-state index contributed by atoms with van der Waals surface area (Å²) in [6.07, 6.45) is 3.17. The van der Waals surface area contributed by atoms with Gasteiger partial charge in [-0.05, 0) is 49.2 Å². The Morgan fingerprint density at radius 3 is 2.71 bits per heavy atom. The molecule has 1 fully saturated rings. The summed E-state index contributed by atoms with van der Waals surface area (Å²) in [5.74, 6) is -0.561. The summed E-state index contributed by atoms with van der Waals surface area (Å²) >= 11 is 0. The second-order valence-electron chi connectivity index (χ2n) is 6.25. The minimum atomic E-state index is -0.962. The van der Waals surface area contributed by atoms with E-state index >= 15 is 0 Å². The summed E-state index contributed by atoms with van der Waals surface area (Å²) in [4.78, 5) is 36.3. The molecule has 1 aromatic heterocycles. The molecule has 2 heterocycles. The number of urea groups is 1. The van der Waals surface area contributed by atoms with Crippen molar-refractivity contribution in [2.24, 2.45) is 5.10 Å². The molecule has 0 spiro atoms. The largest absolute Gasteiger partial charge is 0.493 e. The Hall–Kier alpha value is -3.62. The highest BCUT2D eigenvalue weighted by Crippen LogP contribution is 2.28.